The molecule has 0 bridgehead atoms. The van der Waals surface area contributed by atoms with Crippen molar-refractivity contribution in [1.29, 1.82) is 0 Å². The van der Waals surface area contributed by atoms with Crippen LogP contribution in [0.15, 0.2) is 0 Å². The van der Waals surface area contributed by atoms with E-state index in [0.717, 1.165) is 13.8 Å². The molecule has 0 aromatic carbocycles. The summed E-state index contributed by atoms with van der Waals surface area (Å²) in [6, 6.07) is -3.20. The molecule has 0 radical (unpaired) electrons. The number of carbonyl (C=O) groups is 2. The molecule has 0 spiro atoms. The maximum Gasteiger partial charge on any atom is 0.217 e. The molecule has 11 saturated heterocycles. The summed E-state index contributed by atoms with van der Waals surface area (Å²) < 4.78 is 125. The number of aliphatic hydroxyl groups excluding tert-OH is 32. The third-order valence-electron chi connectivity index (χ3n) is 24.0. The molecule has 128 heavy (non-hydrogen) atoms. The molecule has 57 nitrogen and oxygen atoms in total. The van der Waals surface area contributed by atoms with Crippen LogP contribution < -0.4 is 10.6 Å². The third kappa shape index (κ3) is 22.5. The lowest BCUT2D eigenvalue weighted by Gasteiger charge is -2.51. The van der Waals surface area contributed by atoms with Crippen LogP contribution in [0.5, 0.6) is 0 Å². The van der Waals surface area contributed by atoms with Crippen molar-refractivity contribution in [2.75, 3.05) is 72.7 Å². The number of hydrogen-bond acceptors (Lipinski definition) is 55. The summed E-state index contributed by atoms with van der Waals surface area (Å²) in [5, 5.41) is 362. The Kier molecular flexibility index (Phi) is 37.7. The van der Waals surface area contributed by atoms with E-state index in [1.54, 1.807) is 0 Å². The largest absolute Gasteiger partial charge is 0.394 e. The van der Waals surface area contributed by atoms with E-state index in [0.29, 0.717) is 0 Å². The van der Waals surface area contributed by atoms with E-state index in [4.69, 9.17) is 99.5 Å². The summed E-state index contributed by atoms with van der Waals surface area (Å²) in [6.07, 6.45) is -115. The van der Waals surface area contributed by atoms with Gasteiger partial charge in [-0.25, -0.2) is 0 Å². The quantitative estimate of drug-likeness (QED) is 0.0290. The lowest BCUT2D eigenvalue weighted by molar-refractivity contribution is -0.408. The van der Waals surface area contributed by atoms with Gasteiger partial charge in [0.05, 0.1) is 84.8 Å². The van der Waals surface area contributed by atoms with E-state index >= 15 is 0 Å². The molecule has 57 heteroatoms. The monoisotopic (exact) mass is 1880 g/mol. The molecule has 744 valence electrons. The predicted molar refractivity (Wildman–Crippen MR) is 389 cm³/mol. The van der Waals surface area contributed by atoms with E-state index in [9.17, 15) is 173 Å². The van der Waals surface area contributed by atoms with Crippen molar-refractivity contribution in [2.45, 2.75) is 358 Å². The second-order valence-electron chi connectivity index (χ2n) is 32.7. The maximum atomic E-state index is 13.2. The van der Waals surface area contributed by atoms with E-state index in [1.807, 2.05) is 0 Å². The number of nitrogens with one attached hydrogen (secondary N) is 2. The summed E-state index contributed by atoms with van der Waals surface area (Å²) in [4.78, 5) is 25.5. The zero-order chi connectivity index (χ0) is 94.0. The fraction of sp³-hybridized carbons (Fsp3) is 0.972. The van der Waals surface area contributed by atoms with Crippen LogP contribution in [0.1, 0.15) is 20.8 Å². The molecule has 0 aromatic heterocycles. The van der Waals surface area contributed by atoms with E-state index in [2.05, 4.69) is 10.6 Å². The Labute approximate surface area is 723 Å². The van der Waals surface area contributed by atoms with Crippen LogP contribution in [-0.4, -0.2) is 585 Å². The minimum Gasteiger partial charge on any atom is -0.394 e. The Morgan fingerprint density at radius 2 is 0.438 bits per heavy atom. The van der Waals surface area contributed by atoms with Gasteiger partial charge in [0.2, 0.25) is 11.8 Å². The summed E-state index contributed by atoms with van der Waals surface area (Å²) in [6.45, 7) is -9.06. The van der Waals surface area contributed by atoms with Gasteiger partial charge < -0.3 is 274 Å². The van der Waals surface area contributed by atoms with Crippen LogP contribution in [0.25, 0.3) is 0 Å². The van der Waals surface area contributed by atoms with Gasteiger partial charge in [0.25, 0.3) is 0 Å². The number of carbonyl (C=O) groups excluding carboxylic acids is 2. The van der Waals surface area contributed by atoms with Gasteiger partial charge in [-0.3, -0.25) is 9.59 Å². The topological polar surface area (TPSA) is 899 Å². The second-order valence-corrected chi connectivity index (χ2v) is 32.7. The molecule has 34 N–H and O–H groups in total. The van der Waals surface area contributed by atoms with Gasteiger partial charge in [-0.05, 0) is 6.92 Å². The summed E-state index contributed by atoms with van der Waals surface area (Å²) in [7, 11) is 0. The Hall–Kier alpha value is -3.18. The minimum absolute atomic E-state index is 0.664. The van der Waals surface area contributed by atoms with Crippen molar-refractivity contribution in [3.8, 4) is 0 Å². The van der Waals surface area contributed by atoms with Gasteiger partial charge in [0.1, 0.15) is 262 Å². The lowest BCUT2D eigenvalue weighted by atomic mass is 9.92. The van der Waals surface area contributed by atoms with E-state index in [1.165, 1.54) is 6.92 Å². The maximum absolute atomic E-state index is 13.2. The molecular formula is C71H120N2O55. The molecule has 11 heterocycles. The molecule has 11 rings (SSSR count). The molecule has 55 atom stereocenters. The average molecular weight is 1880 g/mol. The number of rotatable bonds is 33. The average Bonchev–Trinajstić information content (AvgIpc) is 0.764. The van der Waals surface area contributed by atoms with Crippen LogP contribution in [0.3, 0.4) is 0 Å². The number of amides is 2. The predicted octanol–water partition coefficient (Wildman–Crippen LogP) is -23.6. The first-order valence-corrected chi connectivity index (χ1v) is 41.0. The zero-order valence-electron chi connectivity index (χ0n) is 68.2. The molecule has 0 aliphatic carbocycles. The fourth-order valence-corrected chi connectivity index (χ4v) is 16.7. The van der Waals surface area contributed by atoms with Gasteiger partial charge >= 0.3 is 0 Å². The Balaban J connectivity index is 0.961. The van der Waals surface area contributed by atoms with Crippen LogP contribution in [0, 0.1) is 0 Å². The van der Waals surface area contributed by atoms with E-state index in [-0.39, 0.29) is 0 Å². The van der Waals surface area contributed by atoms with Gasteiger partial charge in [0.15, 0.2) is 62.9 Å². The molecule has 11 aliphatic rings. The summed E-state index contributed by atoms with van der Waals surface area (Å²) in [5.74, 6) is -1.62. The Morgan fingerprint density at radius 3 is 0.781 bits per heavy atom. The molecule has 2 amide bonds. The van der Waals surface area contributed by atoms with Crippen LogP contribution in [-0.2, 0) is 109 Å². The molecule has 11 fully saturated rings. The van der Waals surface area contributed by atoms with Crippen molar-refractivity contribution >= 4 is 11.8 Å². The number of aliphatic hydroxyl groups is 32. The highest BCUT2D eigenvalue weighted by Gasteiger charge is 2.62. The van der Waals surface area contributed by atoms with Crippen molar-refractivity contribution in [1.82, 2.24) is 10.6 Å². The zero-order valence-corrected chi connectivity index (χ0v) is 68.2. The van der Waals surface area contributed by atoms with E-state index < -0.39 is 422 Å². The smallest absolute Gasteiger partial charge is 0.217 e. The van der Waals surface area contributed by atoms with Crippen LogP contribution in [0.4, 0.5) is 0 Å². The summed E-state index contributed by atoms with van der Waals surface area (Å²) >= 11 is 0. The minimum atomic E-state index is -2.67. The SMILES string of the molecule is CC(=O)NC1[C@H](O[C@@H]2C(CO)O[C@@H](C)C(NC(C)=O)[C@H]2O)OC(CO)[C@@H](O[C@@H]2OC(CO[C@H]3OC(CO[C@H]4OC(CO)[C@@H](O)[C@H](O)C4O[C@H]4OC(CO)[C@@H](O)[C@H](O)C4O)[C@@H](O)[C@H](O[C@H]4OC(CO)[C@@H](O)C(O)C4O[C@H]4OC(CO)[C@@H](O)C(O)C4O)C3O)[C@@H](O)[C@H](O[C@H]3OC(CO)[C@@H](O)C(O)C3O[C@H]3OC(CO)[C@@H](O)C(O)C3O[C@H]3OC(CO)[C@@H](O)C(O)C3O)C2O)[C@@H]1O. The van der Waals surface area contributed by atoms with Crippen LogP contribution in [0.2, 0.25) is 0 Å². The van der Waals surface area contributed by atoms with Crippen molar-refractivity contribution in [3.05, 3.63) is 0 Å². The van der Waals surface area contributed by atoms with Gasteiger partial charge in [-0.15, -0.1) is 0 Å². The normalized spacial score (nSPS) is 51.7. The lowest BCUT2D eigenvalue weighted by Crippen LogP contribution is -2.70. The molecule has 0 aromatic rings. The van der Waals surface area contributed by atoms with Gasteiger partial charge in [-0.1, -0.05) is 0 Å². The van der Waals surface area contributed by atoms with Gasteiger partial charge in [-0.2, -0.15) is 0 Å². The first-order valence-electron chi connectivity index (χ1n) is 41.0. The first-order chi connectivity index (χ1) is 60.7. The highest BCUT2D eigenvalue weighted by Crippen LogP contribution is 2.42. The Bertz CT molecular complexity index is 3380. The van der Waals surface area contributed by atoms with Crippen molar-refractivity contribution in [3.63, 3.8) is 0 Å². The standard InChI is InChI=1S/C71H120N2O55/c1-15-29(72-16(2)83)40(94)54(25(11-81)110-15)121-62-30(73-17(3)84)41(95)55(26(12-82)118-62)122-67-53(107)57(124-70-61(48(102)37(91)23(9-79)116-70)128-71-60(47(101)36(90)24(10-80)117-71)127-66-51(105)44(98)33(87)20(6-76)113-66)39(93)28(120-67)13-108-63-52(106)56(123-69-59(46(100)35(89)22(8-78)115-69)126-65-50(104)43(97)32(86)19(5-75)112-65)38(92)27(119-63)14-109-68-58(45(99)34(88)21(7-77)114-68)125-64-49(103)42(96)31(85)18(4-74)111-64/h15,18-71,74-82,85-107H,4-14H2,1-3H3,(H,72,83)(H,73,84)/t15-,18?,19?,20?,21?,22?,23?,24?,25?,26?,27?,28?,29?,30?,31+,32+,33+,34+,35+,36+,37+,38+,39+,40+,41+,42-,43?,44?,45-,46?,47?,48?,49?,50?,51?,52?,53?,54+,55+,56-,57-,58?,59?,60?,61?,62-,63-,64+,65+,66+,67-,68-,69+,70+,71+/m0/s1. The first kappa shape index (κ1) is 105. The van der Waals surface area contributed by atoms with Crippen molar-refractivity contribution < 1.29 is 272 Å². The third-order valence-corrected chi connectivity index (χ3v) is 24.0. The summed E-state index contributed by atoms with van der Waals surface area (Å²) in [5.41, 5.74) is 0. The molecular weight excluding hydrogens is 1760 g/mol. The highest BCUT2D eigenvalue weighted by molar-refractivity contribution is 5.73. The Morgan fingerprint density at radius 1 is 0.211 bits per heavy atom. The molecule has 27 unspecified atom stereocenters. The van der Waals surface area contributed by atoms with Crippen LogP contribution >= 0.6 is 0 Å². The van der Waals surface area contributed by atoms with Gasteiger partial charge in [0, 0.05) is 13.8 Å². The highest BCUT2D eigenvalue weighted by atomic mass is 16.8. The molecule has 0 saturated carbocycles. The fourth-order valence-electron chi connectivity index (χ4n) is 16.7. The molecule has 11 aliphatic heterocycles. The van der Waals surface area contributed by atoms with Crippen molar-refractivity contribution in [2.24, 2.45) is 0 Å². The number of ether oxygens (including phenoxy) is 21. The number of hydrogen-bond donors (Lipinski definition) is 34. The second kappa shape index (κ2) is 45.9.